The second kappa shape index (κ2) is 4.13. The van der Waals surface area contributed by atoms with E-state index in [1.165, 1.54) is 25.7 Å². The highest BCUT2D eigenvalue weighted by atomic mass is 79.9. The van der Waals surface area contributed by atoms with E-state index in [2.05, 4.69) is 41.6 Å². The van der Waals surface area contributed by atoms with Gasteiger partial charge in [0.1, 0.15) is 0 Å². The van der Waals surface area contributed by atoms with Crippen LogP contribution in [-0.2, 0) is 0 Å². The van der Waals surface area contributed by atoms with Gasteiger partial charge in [0, 0.05) is 23.0 Å². The normalized spacial score (nSPS) is 40.5. The zero-order valence-electron chi connectivity index (χ0n) is 9.54. The summed E-state index contributed by atoms with van der Waals surface area (Å²) < 4.78 is 0. The van der Waals surface area contributed by atoms with Crippen molar-refractivity contribution in [3.05, 3.63) is 0 Å². The fraction of sp³-hybridized carbons (Fsp3) is 1.00. The first-order chi connectivity index (χ1) is 6.59. The lowest BCUT2D eigenvalue weighted by atomic mass is 9.96. The number of nitrogens with zero attached hydrogens (tertiary/aromatic N) is 1. The van der Waals surface area contributed by atoms with E-state index in [4.69, 9.17) is 0 Å². The fourth-order valence-corrected chi connectivity index (χ4v) is 4.02. The summed E-state index contributed by atoms with van der Waals surface area (Å²) in [5.74, 6) is 0.796. The van der Waals surface area contributed by atoms with Crippen molar-refractivity contribution in [1.82, 2.24) is 4.90 Å². The number of piperidine rings is 1. The van der Waals surface area contributed by atoms with Gasteiger partial charge in [0.05, 0.1) is 0 Å². The van der Waals surface area contributed by atoms with E-state index < -0.39 is 0 Å². The summed E-state index contributed by atoms with van der Waals surface area (Å²) in [5, 5.41) is 0. The van der Waals surface area contributed by atoms with Gasteiger partial charge in [-0.1, -0.05) is 29.8 Å². The molecule has 0 radical (unpaired) electrons. The summed E-state index contributed by atoms with van der Waals surface area (Å²) in [7, 11) is 0. The van der Waals surface area contributed by atoms with Gasteiger partial charge in [-0.25, -0.2) is 0 Å². The zero-order chi connectivity index (χ0) is 10.3. The SMILES string of the molecule is CC(C)C(C)N1C2CCC1CC(Br)C2. The molecule has 2 rings (SSSR count). The molecule has 3 atom stereocenters. The van der Waals surface area contributed by atoms with Gasteiger partial charge >= 0.3 is 0 Å². The van der Waals surface area contributed by atoms with E-state index in [9.17, 15) is 0 Å². The van der Waals surface area contributed by atoms with Gasteiger partial charge in [0.2, 0.25) is 0 Å². The number of halogens is 1. The highest BCUT2D eigenvalue weighted by Gasteiger charge is 2.42. The molecule has 2 fully saturated rings. The average molecular weight is 260 g/mol. The molecule has 2 heterocycles. The summed E-state index contributed by atoms with van der Waals surface area (Å²) in [6, 6.07) is 2.51. The molecule has 2 bridgehead atoms. The van der Waals surface area contributed by atoms with Crippen LogP contribution in [0.15, 0.2) is 0 Å². The van der Waals surface area contributed by atoms with E-state index >= 15 is 0 Å². The Labute approximate surface area is 96.4 Å². The van der Waals surface area contributed by atoms with Gasteiger partial charge in [0.25, 0.3) is 0 Å². The number of hydrogen-bond donors (Lipinski definition) is 0. The van der Waals surface area contributed by atoms with Gasteiger partial charge < -0.3 is 0 Å². The van der Waals surface area contributed by atoms with E-state index in [1.807, 2.05) is 0 Å². The van der Waals surface area contributed by atoms with Crippen LogP contribution in [0.4, 0.5) is 0 Å². The molecule has 2 aliphatic heterocycles. The van der Waals surface area contributed by atoms with Crippen LogP contribution in [0.1, 0.15) is 46.5 Å². The largest absolute Gasteiger partial charge is 0.294 e. The molecule has 1 nitrogen and oxygen atoms in total. The van der Waals surface area contributed by atoms with Crippen LogP contribution in [0.2, 0.25) is 0 Å². The summed E-state index contributed by atoms with van der Waals surface area (Å²) >= 11 is 3.80. The van der Waals surface area contributed by atoms with Gasteiger partial charge in [-0.2, -0.15) is 0 Å². The summed E-state index contributed by atoms with van der Waals surface area (Å²) in [6.07, 6.45) is 5.61. The molecule has 0 aromatic heterocycles. The lowest BCUT2D eigenvalue weighted by Gasteiger charge is -2.42. The molecule has 0 aliphatic carbocycles. The van der Waals surface area contributed by atoms with Crippen molar-refractivity contribution in [2.45, 2.75) is 69.4 Å². The van der Waals surface area contributed by atoms with Crippen molar-refractivity contribution in [2.24, 2.45) is 5.92 Å². The Kier molecular flexibility index (Phi) is 3.23. The van der Waals surface area contributed by atoms with Crippen LogP contribution >= 0.6 is 15.9 Å². The second-order valence-corrected chi connectivity index (χ2v) is 6.68. The monoisotopic (exact) mass is 259 g/mol. The standard InChI is InChI=1S/C12H22BrN/c1-8(2)9(3)14-11-4-5-12(14)7-10(13)6-11/h8-12H,4-7H2,1-3H3. The lowest BCUT2D eigenvalue weighted by Crippen LogP contribution is -2.49. The first-order valence-corrected chi connectivity index (χ1v) is 6.92. The molecule has 2 aliphatic rings. The minimum atomic E-state index is 0.771. The third-order valence-corrected chi connectivity index (χ3v) is 4.91. The quantitative estimate of drug-likeness (QED) is 0.688. The van der Waals surface area contributed by atoms with Crippen molar-refractivity contribution in [3.8, 4) is 0 Å². The van der Waals surface area contributed by atoms with Crippen LogP contribution in [-0.4, -0.2) is 27.9 Å². The summed E-state index contributed by atoms with van der Waals surface area (Å²) in [5.41, 5.74) is 0. The summed E-state index contributed by atoms with van der Waals surface area (Å²) in [6.45, 7) is 7.11. The molecule has 0 spiro atoms. The molecule has 0 saturated carbocycles. The van der Waals surface area contributed by atoms with Crippen LogP contribution in [0.3, 0.4) is 0 Å². The third kappa shape index (κ3) is 1.88. The lowest BCUT2D eigenvalue weighted by molar-refractivity contribution is 0.0750. The molecule has 2 heteroatoms. The van der Waals surface area contributed by atoms with Crippen molar-refractivity contribution in [1.29, 1.82) is 0 Å². The zero-order valence-corrected chi connectivity index (χ0v) is 11.1. The average Bonchev–Trinajstić information content (AvgIpc) is 2.37. The molecule has 0 N–H and O–H groups in total. The maximum atomic E-state index is 3.80. The van der Waals surface area contributed by atoms with Gasteiger partial charge in [0.15, 0.2) is 0 Å². The summed E-state index contributed by atoms with van der Waals surface area (Å²) in [4.78, 5) is 3.60. The molecule has 2 saturated heterocycles. The van der Waals surface area contributed by atoms with Crippen molar-refractivity contribution >= 4 is 15.9 Å². The molecule has 0 amide bonds. The maximum Gasteiger partial charge on any atom is 0.0175 e. The maximum absolute atomic E-state index is 3.80. The number of hydrogen-bond acceptors (Lipinski definition) is 1. The van der Waals surface area contributed by atoms with E-state index in [-0.39, 0.29) is 0 Å². The van der Waals surface area contributed by atoms with E-state index in [0.29, 0.717) is 0 Å². The fourth-order valence-electron chi connectivity index (χ4n) is 3.16. The van der Waals surface area contributed by atoms with Crippen molar-refractivity contribution in [2.75, 3.05) is 0 Å². The van der Waals surface area contributed by atoms with Gasteiger partial charge in [-0.15, -0.1) is 0 Å². The highest BCUT2D eigenvalue weighted by molar-refractivity contribution is 9.09. The van der Waals surface area contributed by atoms with Crippen molar-refractivity contribution < 1.29 is 0 Å². The Morgan fingerprint density at radius 1 is 1.07 bits per heavy atom. The predicted octanol–water partition coefficient (Wildman–Crippen LogP) is 3.42. The second-order valence-electron chi connectivity index (χ2n) is 5.39. The Morgan fingerprint density at radius 2 is 1.57 bits per heavy atom. The molecule has 82 valence electrons. The number of fused-ring (bicyclic) bond motifs is 2. The van der Waals surface area contributed by atoms with Gasteiger partial charge in [-0.05, 0) is 38.5 Å². The minimum Gasteiger partial charge on any atom is -0.294 e. The van der Waals surface area contributed by atoms with Gasteiger partial charge in [-0.3, -0.25) is 4.90 Å². The van der Waals surface area contributed by atoms with Crippen LogP contribution in [0, 0.1) is 5.92 Å². The van der Waals surface area contributed by atoms with Crippen molar-refractivity contribution in [3.63, 3.8) is 0 Å². The topological polar surface area (TPSA) is 3.24 Å². The first-order valence-electron chi connectivity index (χ1n) is 6.01. The Balaban J connectivity index is 2.07. The smallest absolute Gasteiger partial charge is 0.0175 e. The first kappa shape index (κ1) is 10.9. The molecule has 0 aromatic rings. The number of alkyl halides is 1. The Hall–Kier alpha value is 0.440. The van der Waals surface area contributed by atoms with Crippen LogP contribution in [0.25, 0.3) is 0 Å². The van der Waals surface area contributed by atoms with E-state index in [0.717, 1.165) is 28.9 Å². The predicted molar refractivity (Wildman–Crippen MR) is 64.9 cm³/mol. The Morgan fingerprint density at radius 3 is 2.00 bits per heavy atom. The molecule has 14 heavy (non-hydrogen) atoms. The van der Waals surface area contributed by atoms with Crippen LogP contribution in [0.5, 0.6) is 0 Å². The Bertz CT molecular complexity index is 190. The van der Waals surface area contributed by atoms with Crippen LogP contribution < -0.4 is 0 Å². The molecule has 0 aromatic carbocycles. The molecule has 3 unspecified atom stereocenters. The third-order valence-electron chi connectivity index (χ3n) is 4.17. The highest BCUT2D eigenvalue weighted by Crippen LogP contribution is 2.40. The van der Waals surface area contributed by atoms with E-state index in [1.54, 1.807) is 0 Å². The molecular weight excluding hydrogens is 238 g/mol. The minimum absolute atomic E-state index is 0.771. The molecular formula is C12H22BrN. The number of rotatable bonds is 2.